The van der Waals surface area contributed by atoms with Crippen LogP contribution in [0.25, 0.3) is 6.08 Å². The van der Waals surface area contributed by atoms with E-state index in [0.717, 1.165) is 0 Å². The lowest BCUT2D eigenvalue weighted by Gasteiger charge is -2.38. The minimum atomic E-state index is -1.06. The van der Waals surface area contributed by atoms with Crippen molar-refractivity contribution in [2.45, 2.75) is 31.8 Å². The zero-order valence-corrected chi connectivity index (χ0v) is 20.6. The molecule has 2 saturated heterocycles. The van der Waals surface area contributed by atoms with E-state index in [4.69, 9.17) is 9.47 Å². The maximum absolute atomic E-state index is 13.4. The van der Waals surface area contributed by atoms with Crippen LogP contribution in [0.4, 0.5) is 9.18 Å². The van der Waals surface area contributed by atoms with Crippen molar-refractivity contribution in [3.8, 4) is 11.5 Å². The first kappa shape index (κ1) is 25.2. The molecule has 2 heterocycles. The summed E-state index contributed by atoms with van der Waals surface area (Å²) in [6.07, 6.45) is 4.16. The molecular weight excluding hydrogens is 465 g/mol. The van der Waals surface area contributed by atoms with E-state index >= 15 is 0 Å². The molecule has 4 amide bonds. The number of urea groups is 1. The monoisotopic (exact) mass is 495 g/mol. The predicted molar refractivity (Wildman–Crippen MR) is 132 cm³/mol. The van der Waals surface area contributed by atoms with Gasteiger partial charge >= 0.3 is 6.03 Å². The Morgan fingerprint density at radius 3 is 2.53 bits per heavy atom. The summed E-state index contributed by atoms with van der Waals surface area (Å²) in [4.78, 5) is 41.8. The molecule has 0 spiro atoms. The topological polar surface area (TPSA) is 88.2 Å². The zero-order valence-electron chi connectivity index (χ0n) is 20.6. The number of hydrogen-bond acceptors (Lipinski definition) is 5. The van der Waals surface area contributed by atoms with E-state index in [2.05, 4.69) is 5.32 Å². The van der Waals surface area contributed by atoms with E-state index in [1.807, 2.05) is 0 Å². The molecule has 8 nitrogen and oxygen atoms in total. The number of ether oxygens (including phenoxy) is 2. The Balaban J connectivity index is 1.40. The van der Waals surface area contributed by atoms with Crippen LogP contribution in [0, 0.1) is 11.7 Å². The average molecular weight is 496 g/mol. The summed E-state index contributed by atoms with van der Waals surface area (Å²) in [5.41, 5.74) is 0.211. The number of carbonyl (C=O) groups is 3. The van der Waals surface area contributed by atoms with E-state index < -0.39 is 11.6 Å². The van der Waals surface area contributed by atoms with Crippen LogP contribution in [0.1, 0.15) is 30.9 Å². The molecule has 0 aliphatic carbocycles. The molecule has 2 aromatic rings. The fourth-order valence-corrected chi connectivity index (χ4v) is 4.94. The number of nitrogens with zero attached hydrogens (tertiary/aromatic N) is 2. The van der Waals surface area contributed by atoms with Crippen LogP contribution in [-0.2, 0) is 16.1 Å². The van der Waals surface area contributed by atoms with Gasteiger partial charge in [0.1, 0.15) is 11.4 Å². The lowest BCUT2D eigenvalue weighted by Crippen LogP contribution is -2.54. The Hall–Kier alpha value is -3.88. The Morgan fingerprint density at radius 2 is 1.86 bits per heavy atom. The fourth-order valence-electron chi connectivity index (χ4n) is 4.94. The minimum Gasteiger partial charge on any atom is -0.493 e. The van der Waals surface area contributed by atoms with Crippen LogP contribution in [0.3, 0.4) is 0 Å². The first-order chi connectivity index (χ1) is 17.3. The van der Waals surface area contributed by atoms with Crippen molar-refractivity contribution in [3.05, 3.63) is 65.5 Å². The van der Waals surface area contributed by atoms with Gasteiger partial charge in [0.05, 0.1) is 20.8 Å². The number of para-hydroxylation sites is 1. The van der Waals surface area contributed by atoms with Gasteiger partial charge in [-0.1, -0.05) is 24.3 Å². The van der Waals surface area contributed by atoms with Gasteiger partial charge < -0.3 is 19.7 Å². The summed E-state index contributed by atoms with van der Waals surface area (Å²) < 4.78 is 24.1. The van der Waals surface area contributed by atoms with Crippen LogP contribution in [0.5, 0.6) is 11.5 Å². The standard InChI is InChI=1S/C27H30FN3O5/c1-27(20-12-14-30(15-13-20)23(32)11-10-18-6-4-8-21(28)16-18)25(33)31(26(34)29-27)17-19-7-5-9-22(35-2)24(19)36-3/h4-11,16,20H,12-15,17H2,1-3H3,(H,29,34)/b11-10+/t27-/m0/s1. The average Bonchev–Trinajstić information content (AvgIpc) is 3.10. The number of rotatable bonds is 7. The fraction of sp³-hybridized carbons (Fsp3) is 0.370. The van der Waals surface area contributed by atoms with Gasteiger partial charge in [-0.05, 0) is 55.5 Å². The van der Waals surface area contributed by atoms with E-state index in [0.29, 0.717) is 48.6 Å². The molecule has 190 valence electrons. The van der Waals surface area contributed by atoms with Crippen LogP contribution in [0.15, 0.2) is 48.5 Å². The van der Waals surface area contributed by atoms with Crippen LogP contribution >= 0.6 is 0 Å². The van der Waals surface area contributed by atoms with Crippen molar-refractivity contribution in [2.75, 3.05) is 27.3 Å². The summed E-state index contributed by atoms with van der Waals surface area (Å²) in [6.45, 7) is 2.73. The van der Waals surface area contributed by atoms with Crippen molar-refractivity contribution >= 4 is 23.9 Å². The van der Waals surface area contributed by atoms with Crippen molar-refractivity contribution in [1.82, 2.24) is 15.1 Å². The van der Waals surface area contributed by atoms with Gasteiger partial charge in [0, 0.05) is 24.7 Å². The normalized spacial score (nSPS) is 20.7. The second kappa shape index (κ2) is 10.4. The van der Waals surface area contributed by atoms with Gasteiger partial charge in [0.25, 0.3) is 5.91 Å². The van der Waals surface area contributed by atoms with Gasteiger partial charge in [-0.3, -0.25) is 14.5 Å². The highest BCUT2D eigenvalue weighted by Gasteiger charge is 2.53. The number of benzene rings is 2. The molecule has 36 heavy (non-hydrogen) atoms. The Labute approximate surface area is 209 Å². The first-order valence-electron chi connectivity index (χ1n) is 11.8. The smallest absolute Gasteiger partial charge is 0.325 e. The highest BCUT2D eigenvalue weighted by molar-refractivity contribution is 6.07. The van der Waals surface area contributed by atoms with Gasteiger partial charge in [-0.25, -0.2) is 9.18 Å². The number of imide groups is 1. The van der Waals surface area contributed by atoms with Crippen molar-refractivity contribution < 1.29 is 28.2 Å². The Morgan fingerprint density at radius 1 is 1.14 bits per heavy atom. The number of carbonyl (C=O) groups excluding carboxylic acids is 3. The highest BCUT2D eigenvalue weighted by Crippen LogP contribution is 2.36. The molecule has 0 aromatic heterocycles. The maximum Gasteiger partial charge on any atom is 0.325 e. The number of hydrogen-bond donors (Lipinski definition) is 1. The van der Waals surface area contributed by atoms with Gasteiger partial charge in [0.2, 0.25) is 5.91 Å². The van der Waals surface area contributed by atoms with Gasteiger partial charge in [-0.2, -0.15) is 0 Å². The second-order valence-electron chi connectivity index (χ2n) is 9.16. The third-order valence-electron chi connectivity index (χ3n) is 7.00. The molecule has 2 fully saturated rings. The van der Waals surface area contributed by atoms with Crippen molar-refractivity contribution in [3.63, 3.8) is 0 Å². The molecule has 4 rings (SSSR count). The van der Waals surface area contributed by atoms with E-state index in [-0.39, 0.29) is 30.1 Å². The third kappa shape index (κ3) is 4.91. The SMILES string of the molecule is COc1cccc(CN2C(=O)N[C@@](C)(C3CCN(C(=O)/C=C/c4cccc(F)c4)CC3)C2=O)c1OC. The molecule has 1 N–H and O–H groups in total. The molecule has 2 aliphatic heterocycles. The summed E-state index contributed by atoms with van der Waals surface area (Å²) in [7, 11) is 3.04. The summed E-state index contributed by atoms with van der Waals surface area (Å²) in [5.74, 6) is 0.0494. The van der Waals surface area contributed by atoms with E-state index in [1.54, 1.807) is 48.2 Å². The van der Waals surface area contributed by atoms with Crippen LogP contribution < -0.4 is 14.8 Å². The van der Waals surface area contributed by atoms with Crippen molar-refractivity contribution in [1.29, 1.82) is 0 Å². The number of amides is 4. The molecule has 1 atom stereocenters. The Kier molecular flexibility index (Phi) is 7.28. The number of likely N-dealkylation sites (tertiary alicyclic amines) is 1. The predicted octanol–water partition coefficient (Wildman–Crippen LogP) is 3.61. The largest absolute Gasteiger partial charge is 0.493 e. The number of piperidine rings is 1. The molecule has 0 unspecified atom stereocenters. The van der Waals surface area contributed by atoms with Crippen LogP contribution in [-0.4, -0.2) is 60.5 Å². The quantitative estimate of drug-likeness (QED) is 0.468. The number of nitrogens with one attached hydrogen (secondary N) is 1. The first-order valence-corrected chi connectivity index (χ1v) is 11.8. The van der Waals surface area contributed by atoms with Crippen LogP contribution in [0.2, 0.25) is 0 Å². The molecule has 0 saturated carbocycles. The minimum absolute atomic E-state index is 0.0584. The second-order valence-corrected chi connectivity index (χ2v) is 9.16. The summed E-state index contributed by atoms with van der Waals surface area (Å²) in [6, 6.07) is 10.9. The lowest BCUT2D eigenvalue weighted by molar-refractivity contribution is -0.134. The molecule has 2 aliphatic rings. The van der Waals surface area contributed by atoms with Gasteiger partial charge in [-0.15, -0.1) is 0 Å². The summed E-state index contributed by atoms with van der Waals surface area (Å²) in [5, 5.41) is 2.89. The molecule has 2 aromatic carbocycles. The number of halogens is 1. The molecule has 0 radical (unpaired) electrons. The summed E-state index contributed by atoms with van der Waals surface area (Å²) >= 11 is 0. The number of methoxy groups -OCH3 is 2. The molecule has 9 heteroatoms. The third-order valence-corrected chi connectivity index (χ3v) is 7.00. The Bertz CT molecular complexity index is 1190. The van der Waals surface area contributed by atoms with Gasteiger partial charge in [0.15, 0.2) is 11.5 Å². The maximum atomic E-state index is 13.4. The molecule has 0 bridgehead atoms. The van der Waals surface area contributed by atoms with Crippen molar-refractivity contribution in [2.24, 2.45) is 5.92 Å². The molecular formula is C27H30FN3O5. The highest BCUT2D eigenvalue weighted by atomic mass is 19.1. The zero-order chi connectivity index (χ0) is 25.9. The van der Waals surface area contributed by atoms with E-state index in [9.17, 15) is 18.8 Å². The lowest BCUT2D eigenvalue weighted by atomic mass is 9.79. The van der Waals surface area contributed by atoms with E-state index in [1.165, 1.54) is 37.3 Å².